The summed E-state index contributed by atoms with van der Waals surface area (Å²) in [7, 11) is 0. The molecule has 0 radical (unpaired) electrons. The minimum Gasteiger partial charge on any atom is -0.361 e. The van der Waals surface area contributed by atoms with Gasteiger partial charge in [-0.2, -0.15) is 0 Å². The fourth-order valence-corrected chi connectivity index (χ4v) is 3.68. The van der Waals surface area contributed by atoms with E-state index in [1.54, 1.807) is 6.07 Å². The third kappa shape index (κ3) is 2.66. The highest BCUT2D eigenvalue weighted by molar-refractivity contribution is 5.84. The number of aryl methyl sites for hydroxylation is 1. The van der Waals surface area contributed by atoms with Gasteiger partial charge in [0.1, 0.15) is 5.82 Å². The fraction of sp³-hybridized carbons (Fsp3) is 0.300. The van der Waals surface area contributed by atoms with Gasteiger partial charge in [0.25, 0.3) is 0 Å². The molecular weight excluding hydrogens is 287 g/mol. The number of hydrogen-bond acceptors (Lipinski definition) is 1. The summed E-state index contributed by atoms with van der Waals surface area (Å²) >= 11 is 0. The van der Waals surface area contributed by atoms with E-state index in [0.717, 1.165) is 24.0 Å². The third-order valence-electron chi connectivity index (χ3n) is 4.87. The Bertz CT molecular complexity index is 813. The summed E-state index contributed by atoms with van der Waals surface area (Å²) in [6, 6.07) is 13.9. The van der Waals surface area contributed by atoms with Crippen molar-refractivity contribution < 1.29 is 4.39 Å². The molecule has 0 aliphatic carbocycles. The second-order valence-electron chi connectivity index (χ2n) is 6.49. The molecule has 1 aromatic heterocycles. The molecule has 1 atom stereocenters. The lowest BCUT2D eigenvalue weighted by Gasteiger charge is -2.28. The number of benzene rings is 2. The summed E-state index contributed by atoms with van der Waals surface area (Å²) in [5.74, 6) is -0.178. The van der Waals surface area contributed by atoms with Gasteiger partial charge in [-0.25, -0.2) is 4.39 Å². The summed E-state index contributed by atoms with van der Waals surface area (Å²) in [4.78, 5) is 5.82. The third-order valence-corrected chi connectivity index (χ3v) is 4.87. The van der Waals surface area contributed by atoms with E-state index >= 15 is 0 Å². The van der Waals surface area contributed by atoms with E-state index in [1.807, 2.05) is 12.3 Å². The second kappa shape index (κ2) is 5.82. The molecule has 2 aromatic carbocycles. The number of likely N-dealkylation sites (tertiary alicyclic amines) is 1. The van der Waals surface area contributed by atoms with Gasteiger partial charge >= 0.3 is 0 Å². The van der Waals surface area contributed by atoms with Gasteiger partial charge in [-0.15, -0.1) is 0 Å². The molecule has 0 bridgehead atoms. The van der Waals surface area contributed by atoms with Crippen LogP contribution in [0.2, 0.25) is 0 Å². The summed E-state index contributed by atoms with van der Waals surface area (Å²) in [5, 5.41) is 0.988. The Morgan fingerprint density at radius 2 is 1.78 bits per heavy atom. The van der Waals surface area contributed by atoms with Gasteiger partial charge in [-0.3, -0.25) is 4.90 Å². The van der Waals surface area contributed by atoms with Gasteiger partial charge in [0.05, 0.1) is 6.04 Å². The van der Waals surface area contributed by atoms with Gasteiger partial charge in [-0.1, -0.05) is 29.8 Å². The molecule has 2 nitrogen and oxygen atoms in total. The fourth-order valence-electron chi connectivity index (χ4n) is 3.68. The van der Waals surface area contributed by atoms with E-state index < -0.39 is 0 Å². The van der Waals surface area contributed by atoms with Crippen LogP contribution in [-0.4, -0.2) is 23.0 Å². The van der Waals surface area contributed by atoms with Crippen LogP contribution in [0.4, 0.5) is 4.39 Å². The van der Waals surface area contributed by atoms with Gasteiger partial charge in [0.15, 0.2) is 0 Å². The molecule has 0 spiro atoms. The minimum atomic E-state index is -0.178. The number of aromatic nitrogens is 1. The molecule has 3 aromatic rings. The lowest BCUT2D eigenvalue weighted by molar-refractivity contribution is 0.282. The molecule has 3 heteroatoms. The van der Waals surface area contributed by atoms with Crippen LogP contribution in [0.5, 0.6) is 0 Å². The molecule has 1 aliphatic heterocycles. The van der Waals surface area contributed by atoms with Crippen molar-refractivity contribution in [3.8, 4) is 0 Å². The van der Waals surface area contributed by atoms with Crippen LogP contribution >= 0.6 is 0 Å². The molecular formula is C20H21FN2. The number of nitrogens with one attached hydrogen (secondary N) is 1. The zero-order valence-electron chi connectivity index (χ0n) is 13.3. The lowest BCUT2D eigenvalue weighted by atomic mass is 9.96. The maximum Gasteiger partial charge on any atom is 0.123 e. The van der Waals surface area contributed by atoms with Crippen LogP contribution in [0, 0.1) is 12.7 Å². The SMILES string of the molecule is Cc1ccc(C(c2c[nH]c3ccc(F)cc23)N2CCCC2)cc1. The van der Waals surface area contributed by atoms with E-state index in [4.69, 9.17) is 0 Å². The molecule has 1 unspecified atom stereocenters. The van der Waals surface area contributed by atoms with Crippen molar-refractivity contribution in [1.29, 1.82) is 0 Å². The Hall–Kier alpha value is -2.13. The Labute approximate surface area is 135 Å². The van der Waals surface area contributed by atoms with Crippen LogP contribution in [0.3, 0.4) is 0 Å². The molecule has 118 valence electrons. The number of rotatable bonds is 3. The van der Waals surface area contributed by atoms with Gasteiger partial charge < -0.3 is 4.98 Å². The maximum absolute atomic E-state index is 13.8. The summed E-state index contributed by atoms with van der Waals surface area (Å²) < 4.78 is 13.8. The first-order valence-corrected chi connectivity index (χ1v) is 8.29. The highest BCUT2D eigenvalue weighted by Gasteiger charge is 2.27. The monoisotopic (exact) mass is 308 g/mol. The van der Waals surface area contributed by atoms with Crippen molar-refractivity contribution in [1.82, 2.24) is 9.88 Å². The topological polar surface area (TPSA) is 19.0 Å². The Balaban J connectivity index is 1.86. The minimum absolute atomic E-state index is 0.178. The van der Waals surface area contributed by atoms with Gasteiger partial charge in [-0.05, 0) is 62.2 Å². The first kappa shape index (κ1) is 14.5. The van der Waals surface area contributed by atoms with E-state index in [2.05, 4.69) is 41.1 Å². The first-order chi connectivity index (χ1) is 11.2. The number of aromatic amines is 1. The average Bonchev–Trinajstić information content (AvgIpc) is 3.20. The number of fused-ring (bicyclic) bond motifs is 1. The van der Waals surface area contributed by atoms with Crippen LogP contribution in [0.15, 0.2) is 48.7 Å². The van der Waals surface area contributed by atoms with Crippen LogP contribution in [0.25, 0.3) is 10.9 Å². The molecule has 23 heavy (non-hydrogen) atoms. The van der Waals surface area contributed by atoms with Crippen LogP contribution < -0.4 is 0 Å². The number of nitrogens with zero attached hydrogens (tertiary/aromatic N) is 1. The Morgan fingerprint density at radius 1 is 1.04 bits per heavy atom. The van der Waals surface area contributed by atoms with Gasteiger partial charge in [0, 0.05) is 17.1 Å². The van der Waals surface area contributed by atoms with Crippen molar-refractivity contribution in [2.75, 3.05) is 13.1 Å². The summed E-state index contributed by atoms with van der Waals surface area (Å²) in [6.45, 7) is 4.30. The van der Waals surface area contributed by atoms with Crippen molar-refractivity contribution in [3.05, 3.63) is 71.2 Å². The molecule has 4 rings (SSSR count). The lowest BCUT2D eigenvalue weighted by Crippen LogP contribution is -2.26. The van der Waals surface area contributed by atoms with Crippen LogP contribution in [0.1, 0.15) is 35.6 Å². The second-order valence-corrected chi connectivity index (χ2v) is 6.49. The first-order valence-electron chi connectivity index (χ1n) is 8.29. The molecule has 2 heterocycles. The standard InChI is InChI=1S/C20H21FN2/c1-14-4-6-15(7-5-14)20(23-10-2-3-11-23)18-13-22-19-9-8-16(21)12-17(18)19/h4-9,12-13,20,22H,2-3,10-11H2,1H3. The summed E-state index contributed by atoms with van der Waals surface area (Å²) in [6.07, 6.45) is 4.52. The highest BCUT2D eigenvalue weighted by atomic mass is 19.1. The van der Waals surface area contributed by atoms with E-state index in [-0.39, 0.29) is 11.9 Å². The predicted molar refractivity (Wildman–Crippen MR) is 92.1 cm³/mol. The molecule has 1 fully saturated rings. The van der Waals surface area contributed by atoms with E-state index in [0.29, 0.717) is 0 Å². The number of H-pyrrole nitrogens is 1. The normalized spacial score (nSPS) is 17.0. The smallest absolute Gasteiger partial charge is 0.123 e. The molecule has 1 saturated heterocycles. The maximum atomic E-state index is 13.8. The molecule has 1 aliphatic rings. The van der Waals surface area contributed by atoms with Gasteiger partial charge in [0.2, 0.25) is 0 Å². The zero-order valence-corrected chi connectivity index (χ0v) is 13.3. The predicted octanol–water partition coefficient (Wildman–Crippen LogP) is 4.80. The molecule has 1 N–H and O–H groups in total. The van der Waals surface area contributed by atoms with Crippen molar-refractivity contribution >= 4 is 10.9 Å². The Morgan fingerprint density at radius 3 is 2.52 bits per heavy atom. The largest absolute Gasteiger partial charge is 0.361 e. The van der Waals surface area contributed by atoms with Crippen molar-refractivity contribution in [2.24, 2.45) is 0 Å². The number of halogens is 1. The average molecular weight is 308 g/mol. The van der Waals surface area contributed by atoms with Crippen molar-refractivity contribution in [3.63, 3.8) is 0 Å². The Kier molecular flexibility index (Phi) is 3.66. The number of hydrogen-bond donors (Lipinski definition) is 1. The van der Waals surface area contributed by atoms with E-state index in [9.17, 15) is 4.39 Å². The highest BCUT2D eigenvalue weighted by Crippen LogP contribution is 2.36. The molecule has 0 saturated carbocycles. The molecule has 0 amide bonds. The van der Waals surface area contributed by atoms with Crippen molar-refractivity contribution in [2.45, 2.75) is 25.8 Å². The zero-order chi connectivity index (χ0) is 15.8. The van der Waals surface area contributed by atoms with Crippen LogP contribution in [-0.2, 0) is 0 Å². The van der Waals surface area contributed by atoms with E-state index in [1.165, 1.54) is 35.6 Å². The quantitative estimate of drug-likeness (QED) is 0.736. The summed E-state index contributed by atoms with van der Waals surface area (Å²) in [5.41, 5.74) is 4.71.